The molecule has 1 aromatic rings. The monoisotopic (exact) mass is 237 g/mol. The highest BCUT2D eigenvalue weighted by atomic mass is 16.5. The molecule has 1 amide bonds. The molecule has 0 saturated carbocycles. The Morgan fingerprint density at radius 3 is 3.06 bits per heavy atom. The predicted octanol–water partition coefficient (Wildman–Crippen LogP) is 0.0672. The highest BCUT2D eigenvalue weighted by Gasteiger charge is 2.24. The number of nitrogens with zero attached hydrogens (tertiary/aromatic N) is 1. The normalized spacial score (nSPS) is 21.1. The van der Waals surface area contributed by atoms with Gasteiger partial charge >= 0.3 is 0 Å². The Hall–Kier alpha value is -1.69. The third kappa shape index (κ3) is 2.91. The molecule has 1 aliphatic heterocycles. The highest BCUT2D eigenvalue weighted by molar-refractivity contribution is 5.92. The van der Waals surface area contributed by atoms with Crippen LogP contribution in [0.4, 0.5) is 0 Å². The SMILES string of the molecule is C[C@@H](NC(=O)c1ccc(=O)[nH]n1)[C@@H]1CCCO1. The molecule has 2 atom stereocenters. The van der Waals surface area contributed by atoms with Gasteiger partial charge in [0, 0.05) is 12.7 Å². The Morgan fingerprint density at radius 1 is 1.65 bits per heavy atom. The first-order valence-electron chi connectivity index (χ1n) is 5.65. The van der Waals surface area contributed by atoms with Crippen molar-refractivity contribution >= 4 is 5.91 Å². The zero-order valence-corrected chi connectivity index (χ0v) is 9.60. The minimum absolute atomic E-state index is 0.0567. The van der Waals surface area contributed by atoms with Crippen LogP contribution in [0.1, 0.15) is 30.3 Å². The second-order valence-corrected chi connectivity index (χ2v) is 4.12. The summed E-state index contributed by atoms with van der Waals surface area (Å²) in [6, 6.07) is 2.62. The van der Waals surface area contributed by atoms with E-state index in [-0.39, 0.29) is 29.3 Å². The van der Waals surface area contributed by atoms with Gasteiger partial charge in [0.05, 0.1) is 12.1 Å². The largest absolute Gasteiger partial charge is 0.376 e. The second kappa shape index (κ2) is 5.09. The lowest BCUT2D eigenvalue weighted by Gasteiger charge is -2.19. The van der Waals surface area contributed by atoms with Gasteiger partial charge in [0.2, 0.25) is 0 Å². The number of carbonyl (C=O) groups is 1. The van der Waals surface area contributed by atoms with Gasteiger partial charge in [-0.15, -0.1) is 0 Å². The van der Waals surface area contributed by atoms with Gasteiger partial charge in [-0.3, -0.25) is 9.59 Å². The Balaban J connectivity index is 1.96. The van der Waals surface area contributed by atoms with Gasteiger partial charge in [0.1, 0.15) is 5.69 Å². The molecule has 0 radical (unpaired) electrons. The average molecular weight is 237 g/mol. The molecular weight excluding hydrogens is 222 g/mol. The molecule has 2 rings (SSSR count). The average Bonchev–Trinajstić information content (AvgIpc) is 2.83. The lowest BCUT2D eigenvalue weighted by Crippen LogP contribution is -2.41. The number of hydrogen-bond acceptors (Lipinski definition) is 4. The van der Waals surface area contributed by atoms with Gasteiger partial charge in [-0.2, -0.15) is 5.10 Å². The number of H-pyrrole nitrogens is 1. The number of rotatable bonds is 3. The maximum atomic E-state index is 11.8. The molecule has 1 aliphatic rings. The van der Waals surface area contributed by atoms with Crippen LogP contribution in [0.5, 0.6) is 0 Å². The number of aromatic nitrogens is 2. The van der Waals surface area contributed by atoms with Crippen molar-refractivity contribution < 1.29 is 9.53 Å². The maximum Gasteiger partial charge on any atom is 0.272 e. The van der Waals surface area contributed by atoms with Gasteiger partial charge in [-0.25, -0.2) is 5.10 Å². The Labute approximate surface area is 98.4 Å². The summed E-state index contributed by atoms with van der Waals surface area (Å²) in [5, 5.41) is 8.70. The number of amides is 1. The number of hydrogen-bond donors (Lipinski definition) is 2. The van der Waals surface area contributed by atoms with E-state index < -0.39 is 0 Å². The molecule has 0 unspecified atom stereocenters. The summed E-state index contributed by atoms with van der Waals surface area (Å²) in [5.41, 5.74) is -0.122. The van der Waals surface area contributed by atoms with Crippen LogP contribution in [0, 0.1) is 0 Å². The molecule has 0 bridgehead atoms. The first kappa shape index (κ1) is 11.8. The summed E-state index contributed by atoms with van der Waals surface area (Å²) in [6.45, 7) is 2.65. The Kier molecular flexibility index (Phi) is 3.53. The van der Waals surface area contributed by atoms with Crippen LogP contribution in [0.25, 0.3) is 0 Å². The summed E-state index contributed by atoms with van der Waals surface area (Å²) >= 11 is 0. The van der Waals surface area contributed by atoms with Gasteiger partial charge < -0.3 is 10.1 Å². The summed E-state index contributed by atoms with van der Waals surface area (Å²) in [5.74, 6) is -0.302. The zero-order chi connectivity index (χ0) is 12.3. The molecule has 1 saturated heterocycles. The van der Waals surface area contributed by atoms with E-state index in [0.29, 0.717) is 0 Å². The fourth-order valence-corrected chi connectivity index (χ4v) is 1.84. The van der Waals surface area contributed by atoms with E-state index in [2.05, 4.69) is 15.5 Å². The lowest BCUT2D eigenvalue weighted by molar-refractivity contribution is 0.0709. The third-order valence-corrected chi connectivity index (χ3v) is 2.79. The van der Waals surface area contributed by atoms with Crippen molar-refractivity contribution in [1.29, 1.82) is 0 Å². The summed E-state index contributed by atoms with van der Waals surface area (Å²) in [7, 11) is 0. The molecule has 2 N–H and O–H groups in total. The van der Waals surface area contributed by atoms with Crippen molar-refractivity contribution in [2.24, 2.45) is 0 Å². The van der Waals surface area contributed by atoms with E-state index in [1.54, 1.807) is 0 Å². The topological polar surface area (TPSA) is 84.1 Å². The molecule has 0 aromatic carbocycles. The molecule has 17 heavy (non-hydrogen) atoms. The van der Waals surface area contributed by atoms with Crippen molar-refractivity contribution in [2.45, 2.75) is 31.9 Å². The minimum atomic E-state index is -0.325. The van der Waals surface area contributed by atoms with Crippen LogP contribution in [-0.4, -0.2) is 34.9 Å². The van der Waals surface area contributed by atoms with E-state index in [9.17, 15) is 9.59 Å². The molecular formula is C11H15N3O3. The standard InChI is InChI=1S/C11H15N3O3/c1-7(9-3-2-6-17-9)12-11(16)8-4-5-10(15)14-13-8/h4-5,7,9H,2-3,6H2,1H3,(H,12,16)(H,14,15)/t7-,9+/m1/s1. The van der Waals surface area contributed by atoms with Gasteiger partial charge in [-0.1, -0.05) is 0 Å². The van der Waals surface area contributed by atoms with E-state index in [1.165, 1.54) is 12.1 Å². The van der Waals surface area contributed by atoms with Crippen LogP contribution in [-0.2, 0) is 4.74 Å². The van der Waals surface area contributed by atoms with E-state index >= 15 is 0 Å². The number of carbonyl (C=O) groups excluding carboxylic acids is 1. The molecule has 2 heterocycles. The first-order chi connectivity index (χ1) is 8.16. The van der Waals surface area contributed by atoms with Gasteiger partial charge in [0.15, 0.2) is 0 Å². The quantitative estimate of drug-likeness (QED) is 0.779. The van der Waals surface area contributed by atoms with Crippen molar-refractivity contribution in [3.63, 3.8) is 0 Å². The summed E-state index contributed by atoms with van der Waals surface area (Å²) < 4.78 is 5.48. The van der Waals surface area contributed by atoms with Crippen molar-refractivity contribution in [2.75, 3.05) is 6.61 Å². The van der Waals surface area contributed by atoms with Crippen LogP contribution < -0.4 is 10.9 Å². The predicted molar refractivity (Wildman–Crippen MR) is 60.8 cm³/mol. The fraction of sp³-hybridized carbons (Fsp3) is 0.545. The molecule has 1 aromatic heterocycles. The summed E-state index contributed by atoms with van der Waals surface area (Å²) in [6.07, 6.45) is 2.06. The van der Waals surface area contributed by atoms with Crippen LogP contribution >= 0.6 is 0 Å². The third-order valence-electron chi connectivity index (χ3n) is 2.79. The molecule has 0 spiro atoms. The maximum absolute atomic E-state index is 11.8. The first-order valence-corrected chi connectivity index (χ1v) is 5.65. The van der Waals surface area contributed by atoms with Gasteiger partial charge in [0.25, 0.3) is 11.5 Å². The molecule has 0 aliphatic carbocycles. The van der Waals surface area contributed by atoms with E-state index in [0.717, 1.165) is 19.4 Å². The molecule has 1 fully saturated rings. The smallest absolute Gasteiger partial charge is 0.272 e. The number of ether oxygens (including phenoxy) is 1. The van der Waals surface area contributed by atoms with Crippen LogP contribution in [0.2, 0.25) is 0 Å². The molecule has 6 nitrogen and oxygen atoms in total. The van der Waals surface area contributed by atoms with Crippen molar-refractivity contribution in [3.05, 3.63) is 28.2 Å². The molecule has 6 heteroatoms. The Morgan fingerprint density at radius 2 is 2.47 bits per heavy atom. The summed E-state index contributed by atoms with van der Waals surface area (Å²) in [4.78, 5) is 22.6. The number of nitrogens with one attached hydrogen (secondary N) is 2. The lowest BCUT2D eigenvalue weighted by atomic mass is 10.1. The zero-order valence-electron chi connectivity index (χ0n) is 9.60. The minimum Gasteiger partial charge on any atom is -0.376 e. The van der Waals surface area contributed by atoms with Crippen LogP contribution in [0.3, 0.4) is 0 Å². The van der Waals surface area contributed by atoms with E-state index in [4.69, 9.17) is 4.74 Å². The second-order valence-electron chi connectivity index (χ2n) is 4.12. The Bertz CT molecular complexity index is 431. The van der Waals surface area contributed by atoms with Crippen LogP contribution in [0.15, 0.2) is 16.9 Å². The molecule has 92 valence electrons. The van der Waals surface area contributed by atoms with Crippen molar-refractivity contribution in [3.8, 4) is 0 Å². The number of aromatic amines is 1. The highest BCUT2D eigenvalue weighted by Crippen LogP contribution is 2.15. The van der Waals surface area contributed by atoms with Crippen molar-refractivity contribution in [1.82, 2.24) is 15.5 Å². The fourth-order valence-electron chi connectivity index (χ4n) is 1.84. The van der Waals surface area contributed by atoms with E-state index in [1.807, 2.05) is 6.92 Å². The van der Waals surface area contributed by atoms with Gasteiger partial charge in [-0.05, 0) is 25.8 Å².